The third-order valence-corrected chi connectivity index (χ3v) is 2.91. The second-order valence-corrected chi connectivity index (χ2v) is 4.51. The molecule has 1 unspecified atom stereocenters. The predicted octanol–water partition coefficient (Wildman–Crippen LogP) is 4.30. The van der Waals surface area contributed by atoms with E-state index in [9.17, 15) is 5.11 Å². The lowest BCUT2D eigenvalue weighted by Gasteiger charge is -2.05. The second kappa shape index (κ2) is 6.72. The zero-order valence-corrected chi connectivity index (χ0v) is 11.0. The van der Waals surface area contributed by atoms with Crippen molar-refractivity contribution in [2.45, 2.75) is 13.0 Å². The van der Waals surface area contributed by atoms with Crippen molar-refractivity contribution >= 4 is 6.08 Å². The van der Waals surface area contributed by atoms with Gasteiger partial charge in [0, 0.05) is 0 Å². The van der Waals surface area contributed by atoms with Crippen LogP contribution >= 0.6 is 0 Å². The van der Waals surface area contributed by atoms with Crippen molar-refractivity contribution < 1.29 is 5.11 Å². The van der Waals surface area contributed by atoms with Crippen LogP contribution in [0.15, 0.2) is 72.8 Å². The first-order valence-corrected chi connectivity index (χ1v) is 6.40. The lowest BCUT2D eigenvalue weighted by atomic mass is 10.1. The Morgan fingerprint density at radius 3 is 2.26 bits per heavy atom. The summed E-state index contributed by atoms with van der Waals surface area (Å²) in [5, 5.41) is 9.99. The molecule has 0 saturated heterocycles. The number of benzene rings is 2. The lowest BCUT2D eigenvalue weighted by molar-refractivity contribution is 0.228. The van der Waals surface area contributed by atoms with Crippen LogP contribution in [-0.2, 0) is 0 Å². The molecule has 0 aromatic heterocycles. The first kappa shape index (κ1) is 13.3. The standard InChI is InChI=1S/C18H18O/c1-15-11-13-17(14-12-15)18(19)10-6-5-9-16-7-3-2-4-8-16/h2-14,18-19H,1H3/b9-5+,10-6+. The Labute approximate surface area is 114 Å². The van der Waals surface area contributed by atoms with Crippen LogP contribution < -0.4 is 0 Å². The maximum atomic E-state index is 9.99. The predicted molar refractivity (Wildman–Crippen MR) is 80.8 cm³/mol. The molecule has 0 amide bonds. The fourth-order valence-electron chi connectivity index (χ4n) is 1.77. The zero-order chi connectivity index (χ0) is 13.5. The Bertz CT molecular complexity index is 550. The van der Waals surface area contributed by atoms with Gasteiger partial charge in [-0.05, 0) is 18.1 Å². The van der Waals surface area contributed by atoms with E-state index in [1.807, 2.05) is 79.7 Å². The third kappa shape index (κ3) is 4.23. The summed E-state index contributed by atoms with van der Waals surface area (Å²) in [5.74, 6) is 0. The van der Waals surface area contributed by atoms with Gasteiger partial charge in [0.15, 0.2) is 0 Å². The average Bonchev–Trinajstić information content (AvgIpc) is 2.45. The molecule has 2 aromatic carbocycles. The minimum absolute atomic E-state index is 0.555. The molecular formula is C18H18O. The van der Waals surface area contributed by atoms with Crippen LogP contribution in [0.25, 0.3) is 6.08 Å². The van der Waals surface area contributed by atoms with Gasteiger partial charge in [-0.1, -0.05) is 84.5 Å². The van der Waals surface area contributed by atoms with Crippen molar-refractivity contribution in [3.63, 3.8) is 0 Å². The van der Waals surface area contributed by atoms with E-state index in [-0.39, 0.29) is 0 Å². The summed E-state index contributed by atoms with van der Waals surface area (Å²) in [6.07, 6.45) is 7.05. The van der Waals surface area contributed by atoms with E-state index in [1.54, 1.807) is 6.08 Å². The number of aliphatic hydroxyl groups excluding tert-OH is 1. The molecule has 0 aliphatic carbocycles. The molecule has 0 heterocycles. The number of aryl methyl sites for hydroxylation is 1. The van der Waals surface area contributed by atoms with Crippen molar-refractivity contribution in [1.29, 1.82) is 0 Å². The molecule has 2 rings (SSSR count). The highest BCUT2D eigenvalue weighted by atomic mass is 16.3. The van der Waals surface area contributed by atoms with Crippen LogP contribution in [0.5, 0.6) is 0 Å². The molecule has 0 spiro atoms. The summed E-state index contributed by atoms with van der Waals surface area (Å²) < 4.78 is 0. The Hall–Kier alpha value is -2.12. The van der Waals surface area contributed by atoms with Gasteiger partial charge in [0.05, 0.1) is 6.10 Å². The summed E-state index contributed by atoms with van der Waals surface area (Å²) >= 11 is 0. The maximum Gasteiger partial charge on any atom is 0.0974 e. The minimum atomic E-state index is -0.555. The molecule has 0 fully saturated rings. The molecule has 1 N–H and O–H groups in total. The number of allylic oxidation sites excluding steroid dienone is 2. The fourth-order valence-corrected chi connectivity index (χ4v) is 1.77. The van der Waals surface area contributed by atoms with Crippen LogP contribution in [0.2, 0.25) is 0 Å². The van der Waals surface area contributed by atoms with E-state index in [2.05, 4.69) is 0 Å². The maximum absolute atomic E-state index is 9.99. The van der Waals surface area contributed by atoms with Gasteiger partial charge in [-0.25, -0.2) is 0 Å². The van der Waals surface area contributed by atoms with Crippen LogP contribution in [0, 0.1) is 6.92 Å². The van der Waals surface area contributed by atoms with Gasteiger partial charge in [-0.2, -0.15) is 0 Å². The monoisotopic (exact) mass is 250 g/mol. The smallest absolute Gasteiger partial charge is 0.0974 e. The molecule has 0 saturated carbocycles. The Morgan fingerprint density at radius 1 is 0.895 bits per heavy atom. The normalized spacial score (nSPS) is 13.2. The SMILES string of the molecule is Cc1ccc(C(O)/C=C/C=C/c2ccccc2)cc1. The molecule has 0 radical (unpaired) electrons. The van der Waals surface area contributed by atoms with Crippen molar-refractivity contribution in [1.82, 2.24) is 0 Å². The lowest BCUT2D eigenvalue weighted by Crippen LogP contribution is -1.92. The summed E-state index contributed by atoms with van der Waals surface area (Å²) in [5.41, 5.74) is 3.26. The summed E-state index contributed by atoms with van der Waals surface area (Å²) in [6.45, 7) is 2.04. The van der Waals surface area contributed by atoms with Gasteiger partial charge in [-0.15, -0.1) is 0 Å². The molecule has 1 heteroatoms. The average molecular weight is 250 g/mol. The Morgan fingerprint density at radius 2 is 1.58 bits per heavy atom. The molecule has 2 aromatic rings. The van der Waals surface area contributed by atoms with Crippen LogP contribution in [0.3, 0.4) is 0 Å². The van der Waals surface area contributed by atoms with Crippen molar-refractivity contribution in [2.75, 3.05) is 0 Å². The molecule has 19 heavy (non-hydrogen) atoms. The molecule has 0 bridgehead atoms. The first-order chi connectivity index (χ1) is 9.25. The molecular weight excluding hydrogens is 232 g/mol. The highest BCUT2D eigenvalue weighted by molar-refractivity contribution is 5.50. The first-order valence-electron chi connectivity index (χ1n) is 6.40. The van der Waals surface area contributed by atoms with E-state index >= 15 is 0 Å². The van der Waals surface area contributed by atoms with Gasteiger partial charge in [0.2, 0.25) is 0 Å². The van der Waals surface area contributed by atoms with Gasteiger partial charge >= 0.3 is 0 Å². The molecule has 96 valence electrons. The highest BCUT2D eigenvalue weighted by Gasteiger charge is 2.00. The largest absolute Gasteiger partial charge is 0.384 e. The van der Waals surface area contributed by atoms with Crippen molar-refractivity contribution in [3.05, 3.63) is 89.5 Å². The molecule has 0 aliphatic heterocycles. The van der Waals surface area contributed by atoms with Gasteiger partial charge in [0.1, 0.15) is 0 Å². The Kier molecular flexibility index (Phi) is 4.71. The van der Waals surface area contributed by atoms with Crippen LogP contribution in [0.1, 0.15) is 22.8 Å². The quantitative estimate of drug-likeness (QED) is 0.802. The fraction of sp³-hybridized carbons (Fsp3) is 0.111. The van der Waals surface area contributed by atoms with E-state index in [0.29, 0.717) is 0 Å². The third-order valence-electron chi connectivity index (χ3n) is 2.91. The van der Waals surface area contributed by atoms with Gasteiger partial charge in [-0.3, -0.25) is 0 Å². The van der Waals surface area contributed by atoms with Crippen LogP contribution in [-0.4, -0.2) is 5.11 Å². The van der Waals surface area contributed by atoms with E-state index in [1.165, 1.54) is 5.56 Å². The minimum Gasteiger partial charge on any atom is -0.384 e. The highest BCUT2D eigenvalue weighted by Crippen LogP contribution is 2.14. The van der Waals surface area contributed by atoms with Gasteiger partial charge < -0.3 is 5.11 Å². The van der Waals surface area contributed by atoms with Crippen LogP contribution in [0.4, 0.5) is 0 Å². The van der Waals surface area contributed by atoms with Gasteiger partial charge in [0.25, 0.3) is 0 Å². The van der Waals surface area contributed by atoms with E-state index < -0.39 is 6.10 Å². The summed E-state index contributed by atoms with van der Waals surface area (Å²) in [4.78, 5) is 0. The number of hydrogen-bond acceptors (Lipinski definition) is 1. The zero-order valence-electron chi connectivity index (χ0n) is 11.0. The number of aliphatic hydroxyl groups is 1. The number of rotatable bonds is 4. The molecule has 1 atom stereocenters. The van der Waals surface area contributed by atoms with E-state index in [0.717, 1.165) is 11.1 Å². The topological polar surface area (TPSA) is 20.2 Å². The van der Waals surface area contributed by atoms with Crippen molar-refractivity contribution in [3.8, 4) is 0 Å². The van der Waals surface area contributed by atoms with Crippen molar-refractivity contribution in [2.24, 2.45) is 0 Å². The number of hydrogen-bond donors (Lipinski definition) is 1. The second-order valence-electron chi connectivity index (χ2n) is 4.51. The molecule has 1 nitrogen and oxygen atoms in total. The Balaban J connectivity index is 1.95. The molecule has 0 aliphatic rings. The summed E-state index contributed by atoms with van der Waals surface area (Å²) in [7, 11) is 0. The van der Waals surface area contributed by atoms with E-state index in [4.69, 9.17) is 0 Å². The summed E-state index contributed by atoms with van der Waals surface area (Å²) in [6, 6.07) is 18.0.